The van der Waals surface area contributed by atoms with Gasteiger partial charge in [0.05, 0.1) is 5.70 Å². The highest BCUT2D eigenvalue weighted by molar-refractivity contribution is 5.75. The second-order valence-electron chi connectivity index (χ2n) is 2.07. The maximum Gasteiger partial charge on any atom is 0.221 e. The fourth-order valence-electron chi connectivity index (χ4n) is 0.618. The number of nitrogens with two attached hydrogens (primary N) is 1. The topological polar surface area (TPSA) is 67.5 Å². The molecule has 0 aromatic rings. The molecule has 4 nitrogen and oxygen atoms in total. The van der Waals surface area contributed by atoms with Gasteiger partial charge in [-0.05, 0) is 13.0 Å². The van der Waals surface area contributed by atoms with E-state index in [1.165, 1.54) is 13.0 Å². The molecule has 0 heterocycles. The quantitative estimate of drug-likeness (QED) is 0.475. The Morgan fingerprint density at radius 3 is 2.58 bits per heavy atom. The zero-order valence-electron chi connectivity index (χ0n) is 7.29. The third-order valence-corrected chi connectivity index (χ3v) is 1.06. The molecular weight excluding hydrogens is 154 g/mol. The number of carbonyl (C=O) groups excluding carboxylic acids is 1. The van der Waals surface area contributed by atoms with Gasteiger partial charge >= 0.3 is 0 Å². The van der Waals surface area contributed by atoms with Gasteiger partial charge in [0.15, 0.2) is 0 Å². The van der Waals surface area contributed by atoms with Crippen molar-refractivity contribution < 1.29 is 4.79 Å². The van der Waals surface area contributed by atoms with Crippen LogP contribution in [0.1, 0.15) is 13.8 Å². The van der Waals surface area contributed by atoms with Crippen LogP contribution >= 0.6 is 0 Å². The standard InChI is InChI=1S/C8H13N3O/c1-4-7(11-6(3)12)8(9)10-5-2/h4-5H,1,9H2,2-3H3,(H,11,12)/b8-7+,10-5?. The Balaban J connectivity index is 4.60. The first-order valence-corrected chi connectivity index (χ1v) is 3.50. The van der Waals surface area contributed by atoms with Crippen molar-refractivity contribution in [2.24, 2.45) is 10.7 Å². The molecule has 66 valence electrons. The van der Waals surface area contributed by atoms with Crippen LogP contribution in [0.25, 0.3) is 0 Å². The predicted molar refractivity (Wildman–Crippen MR) is 49.4 cm³/mol. The molecule has 12 heavy (non-hydrogen) atoms. The summed E-state index contributed by atoms with van der Waals surface area (Å²) in [4.78, 5) is 14.4. The number of carbonyl (C=O) groups is 1. The molecule has 0 aromatic carbocycles. The van der Waals surface area contributed by atoms with Crippen molar-refractivity contribution in [3.63, 3.8) is 0 Å². The summed E-state index contributed by atoms with van der Waals surface area (Å²) >= 11 is 0. The lowest BCUT2D eigenvalue weighted by molar-refractivity contribution is -0.118. The van der Waals surface area contributed by atoms with Crippen molar-refractivity contribution in [1.82, 2.24) is 5.32 Å². The molecule has 1 amide bonds. The zero-order chi connectivity index (χ0) is 9.56. The number of nitrogens with one attached hydrogen (secondary N) is 1. The zero-order valence-corrected chi connectivity index (χ0v) is 7.29. The molecule has 0 aliphatic carbocycles. The Morgan fingerprint density at radius 1 is 1.67 bits per heavy atom. The van der Waals surface area contributed by atoms with E-state index in [4.69, 9.17) is 5.73 Å². The highest BCUT2D eigenvalue weighted by atomic mass is 16.1. The molecule has 3 N–H and O–H groups in total. The molecule has 0 saturated heterocycles. The van der Waals surface area contributed by atoms with Gasteiger partial charge in [-0.1, -0.05) is 6.58 Å². The van der Waals surface area contributed by atoms with Gasteiger partial charge in [0.1, 0.15) is 5.82 Å². The molecule has 0 bridgehead atoms. The number of rotatable bonds is 3. The first kappa shape index (κ1) is 10.4. The third-order valence-electron chi connectivity index (χ3n) is 1.06. The summed E-state index contributed by atoms with van der Waals surface area (Å²) in [5.74, 6) is 0.0573. The molecule has 0 spiro atoms. The van der Waals surface area contributed by atoms with Gasteiger partial charge in [0.25, 0.3) is 0 Å². The Morgan fingerprint density at radius 2 is 2.25 bits per heavy atom. The number of amides is 1. The van der Waals surface area contributed by atoms with Crippen LogP contribution in [0.5, 0.6) is 0 Å². The average molecular weight is 167 g/mol. The molecular formula is C8H13N3O. The van der Waals surface area contributed by atoms with Crippen LogP contribution in [0, 0.1) is 0 Å². The molecule has 0 unspecified atom stereocenters. The normalized spacial score (nSPS) is 12.5. The van der Waals surface area contributed by atoms with Crippen molar-refractivity contribution in [3.8, 4) is 0 Å². The number of allylic oxidation sites excluding steroid dienone is 1. The number of nitrogens with zero attached hydrogens (tertiary/aromatic N) is 1. The van der Waals surface area contributed by atoms with Gasteiger partial charge in [-0.15, -0.1) is 0 Å². The fourth-order valence-corrected chi connectivity index (χ4v) is 0.618. The van der Waals surface area contributed by atoms with E-state index in [-0.39, 0.29) is 11.7 Å². The summed E-state index contributed by atoms with van der Waals surface area (Å²) in [5.41, 5.74) is 5.91. The van der Waals surface area contributed by atoms with E-state index in [1.54, 1.807) is 13.1 Å². The molecule has 0 atom stereocenters. The SMILES string of the molecule is C=C/C(NC(C)=O)=C(/N)N=CC. The van der Waals surface area contributed by atoms with Crippen molar-refractivity contribution in [2.75, 3.05) is 0 Å². The van der Waals surface area contributed by atoms with Gasteiger partial charge in [0.2, 0.25) is 5.91 Å². The summed E-state index contributed by atoms with van der Waals surface area (Å²) in [7, 11) is 0. The Bertz CT molecular complexity index is 241. The van der Waals surface area contributed by atoms with Gasteiger partial charge in [-0.3, -0.25) is 4.79 Å². The van der Waals surface area contributed by atoms with E-state index in [9.17, 15) is 4.79 Å². The van der Waals surface area contributed by atoms with Gasteiger partial charge < -0.3 is 11.1 Å². The maximum absolute atomic E-state index is 10.6. The molecule has 0 aliphatic heterocycles. The molecule has 4 heteroatoms. The summed E-state index contributed by atoms with van der Waals surface area (Å²) in [6.07, 6.45) is 2.99. The van der Waals surface area contributed by atoms with Crippen molar-refractivity contribution in [1.29, 1.82) is 0 Å². The van der Waals surface area contributed by atoms with E-state index < -0.39 is 0 Å². The fraction of sp³-hybridized carbons (Fsp3) is 0.250. The molecule has 0 radical (unpaired) electrons. The van der Waals surface area contributed by atoms with Gasteiger partial charge in [-0.2, -0.15) is 0 Å². The summed E-state index contributed by atoms with van der Waals surface area (Å²) in [6, 6.07) is 0. The maximum atomic E-state index is 10.6. The second kappa shape index (κ2) is 5.12. The van der Waals surface area contributed by atoms with Gasteiger partial charge in [-0.25, -0.2) is 4.99 Å². The van der Waals surface area contributed by atoms with Crippen molar-refractivity contribution in [2.45, 2.75) is 13.8 Å². The summed E-state index contributed by atoms with van der Waals surface area (Å²) in [6.45, 7) is 6.62. The number of aliphatic imine (C=N–C) groups is 1. The lowest BCUT2D eigenvalue weighted by Gasteiger charge is -2.03. The lowest BCUT2D eigenvalue weighted by Crippen LogP contribution is -2.21. The van der Waals surface area contributed by atoms with E-state index in [0.29, 0.717) is 5.70 Å². The van der Waals surface area contributed by atoms with E-state index >= 15 is 0 Å². The lowest BCUT2D eigenvalue weighted by atomic mass is 10.4. The smallest absolute Gasteiger partial charge is 0.221 e. The molecule has 0 fully saturated rings. The number of hydrogen-bond acceptors (Lipinski definition) is 3. The van der Waals surface area contributed by atoms with Crippen molar-refractivity contribution in [3.05, 3.63) is 24.2 Å². The van der Waals surface area contributed by atoms with Crippen LogP contribution in [0.3, 0.4) is 0 Å². The molecule has 0 aliphatic rings. The second-order valence-corrected chi connectivity index (χ2v) is 2.07. The molecule has 0 rings (SSSR count). The van der Waals surface area contributed by atoms with E-state index in [1.807, 2.05) is 0 Å². The molecule has 0 saturated carbocycles. The Labute approximate surface area is 71.9 Å². The Hall–Kier alpha value is -1.58. The van der Waals surface area contributed by atoms with E-state index in [0.717, 1.165) is 0 Å². The summed E-state index contributed by atoms with van der Waals surface area (Å²) < 4.78 is 0. The van der Waals surface area contributed by atoms with Crippen molar-refractivity contribution >= 4 is 12.1 Å². The van der Waals surface area contributed by atoms with Crippen LogP contribution in [-0.4, -0.2) is 12.1 Å². The highest BCUT2D eigenvalue weighted by Gasteiger charge is 1.98. The monoisotopic (exact) mass is 167 g/mol. The summed E-state index contributed by atoms with van der Waals surface area (Å²) in [5, 5.41) is 2.50. The van der Waals surface area contributed by atoms with Gasteiger partial charge in [0, 0.05) is 13.1 Å². The average Bonchev–Trinajstić information content (AvgIpc) is 2.00. The minimum atomic E-state index is -0.195. The predicted octanol–water partition coefficient (Wildman–Crippen LogP) is 0.527. The first-order chi connectivity index (χ1) is 5.61. The van der Waals surface area contributed by atoms with Crippen LogP contribution in [0.4, 0.5) is 0 Å². The minimum absolute atomic E-state index is 0.195. The third kappa shape index (κ3) is 3.55. The minimum Gasteiger partial charge on any atom is -0.382 e. The highest BCUT2D eigenvalue weighted by Crippen LogP contribution is 1.96. The van der Waals surface area contributed by atoms with Crippen LogP contribution in [0.15, 0.2) is 29.2 Å². The van der Waals surface area contributed by atoms with Crippen LogP contribution in [-0.2, 0) is 4.79 Å². The molecule has 0 aromatic heterocycles. The van der Waals surface area contributed by atoms with E-state index in [2.05, 4.69) is 16.9 Å². The first-order valence-electron chi connectivity index (χ1n) is 3.50. The largest absolute Gasteiger partial charge is 0.382 e. The number of hydrogen-bond donors (Lipinski definition) is 2. The van der Waals surface area contributed by atoms with Crippen LogP contribution < -0.4 is 11.1 Å². The Kier molecular flexibility index (Phi) is 4.45. The van der Waals surface area contributed by atoms with Crippen LogP contribution in [0.2, 0.25) is 0 Å².